The first-order valence-electron chi connectivity index (χ1n) is 7.46. The molecule has 0 saturated heterocycles. The van der Waals surface area contributed by atoms with Crippen molar-refractivity contribution in [3.63, 3.8) is 0 Å². The minimum absolute atomic E-state index is 0.826. The van der Waals surface area contributed by atoms with Crippen molar-refractivity contribution in [2.75, 3.05) is 11.2 Å². The van der Waals surface area contributed by atoms with Crippen LogP contribution in [0.25, 0.3) is 11.3 Å². The first-order chi connectivity index (χ1) is 11.4. The van der Waals surface area contributed by atoms with Gasteiger partial charge in [-0.1, -0.05) is 48.5 Å². The predicted octanol–water partition coefficient (Wildman–Crippen LogP) is 5.12. The van der Waals surface area contributed by atoms with Gasteiger partial charge in [-0.05, 0) is 6.07 Å². The molecule has 4 rings (SSSR count). The lowest BCUT2D eigenvalue weighted by Crippen LogP contribution is -2.11. The average Bonchev–Trinajstić information content (AvgIpc) is 3.10. The van der Waals surface area contributed by atoms with E-state index in [9.17, 15) is 0 Å². The van der Waals surface area contributed by atoms with Crippen LogP contribution in [0.2, 0.25) is 0 Å². The smallest absolute Gasteiger partial charge is 0.203 e. The van der Waals surface area contributed by atoms with Crippen LogP contribution in [0.5, 0.6) is 0 Å². The number of rotatable bonds is 3. The van der Waals surface area contributed by atoms with Crippen molar-refractivity contribution in [1.82, 2.24) is 4.98 Å². The molecule has 0 radical (unpaired) electrons. The van der Waals surface area contributed by atoms with E-state index in [2.05, 4.69) is 57.3 Å². The van der Waals surface area contributed by atoms with Gasteiger partial charge in [0.15, 0.2) is 0 Å². The number of nitrogens with one attached hydrogen (secondary N) is 1. The van der Waals surface area contributed by atoms with Gasteiger partial charge in [0.05, 0.1) is 11.4 Å². The maximum Gasteiger partial charge on any atom is 0.203 e. The van der Waals surface area contributed by atoms with Gasteiger partial charge in [0.1, 0.15) is 0 Å². The quantitative estimate of drug-likeness (QED) is 0.674. The zero-order valence-corrected chi connectivity index (χ0v) is 14.0. The van der Waals surface area contributed by atoms with Crippen molar-refractivity contribution in [3.05, 3.63) is 65.5 Å². The van der Waals surface area contributed by atoms with E-state index in [0.29, 0.717) is 0 Å². The van der Waals surface area contributed by atoms with Crippen molar-refractivity contribution < 1.29 is 0 Å². The summed E-state index contributed by atoms with van der Waals surface area (Å²) in [6.07, 6.45) is 0.978. The summed E-state index contributed by atoms with van der Waals surface area (Å²) in [5, 5.41) is 7.49. The second-order valence-corrected chi connectivity index (χ2v) is 7.16. The summed E-state index contributed by atoms with van der Waals surface area (Å²) in [5.74, 6) is 1.07. The Labute approximate surface area is 143 Å². The molecule has 0 saturated carbocycles. The van der Waals surface area contributed by atoms with Gasteiger partial charge >= 0.3 is 0 Å². The lowest BCUT2D eigenvalue weighted by molar-refractivity contribution is 1.18. The third-order valence-electron chi connectivity index (χ3n) is 3.65. The van der Waals surface area contributed by atoms with Crippen LogP contribution in [0, 0.1) is 0 Å². The highest BCUT2D eigenvalue weighted by atomic mass is 32.2. The molecular formula is C18H15N3S2. The average molecular weight is 337 g/mol. The zero-order valence-electron chi connectivity index (χ0n) is 12.4. The van der Waals surface area contributed by atoms with Crippen LogP contribution in [-0.2, 0) is 0 Å². The molecule has 0 fully saturated rings. The molecule has 2 aromatic carbocycles. The number of nitrogens with zero attached hydrogens (tertiary/aromatic N) is 2. The Morgan fingerprint density at radius 1 is 1.00 bits per heavy atom. The molecule has 0 bridgehead atoms. The summed E-state index contributed by atoms with van der Waals surface area (Å²) in [5.41, 5.74) is 7.58. The van der Waals surface area contributed by atoms with Gasteiger partial charge < -0.3 is 0 Å². The molecule has 0 amide bonds. The zero-order chi connectivity index (χ0) is 15.5. The molecule has 1 aliphatic rings. The standard InChI is InChI=1S/C18H15N3S2/c1-2-6-13(7-3-1)16-12-23-18(19-16)21-20-15-10-11-22-17-9-5-4-8-14(15)17/h1-9,12H,10-11H2,(H,19,21)/b20-15+. The number of hydrogen-bond donors (Lipinski definition) is 1. The summed E-state index contributed by atoms with van der Waals surface area (Å²) in [4.78, 5) is 5.92. The van der Waals surface area contributed by atoms with Gasteiger partial charge in [0.2, 0.25) is 5.13 Å². The number of benzene rings is 2. The van der Waals surface area contributed by atoms with Crippen LogP contribution in [0.3, 0.4) is 0 Å². The van der Waals surface area contributed by atoms with Gasteiger partial charge in [-0.15, -0.1) is 23.1 Å². The summed E-state index contributed by atoms with van der Waals surface area (Å²) >= 11 is 3.47. The summed E-state index contributed by atoms with van der Waals surface area (Å²) in [6.45, 7) is 0. The largest absolute Gasteiger partial charge is 0.252 e. The van der Waals surface area contributed by atoms with Crippen molar-refractivity contribution in [1.29, 1.82) is 0 Å². The van der Waals surface area contributed by atoms with Gasteiger partial charge in [-0.2, -0.15) is 5.10 Å². The Morgan fingerprint density at radius 3 is 2.74 bits per heavy atom. The lowest BCUT2D eigenvalue weighted by Gasteiger charge is -2.16. The SMILES string of the molecule is c1ccc(-c2csc(N/N=C3\CCSc4ccccc43)n2)cc1. The molecule has 23 heavy (non-hydrogen) atoms. The van der Waals surface area contributed by atoms with E-state index in [1.807, 2.05) is 30.0 Å². The second kappa shape index (κ2) is 6.56. The second-order valence-electron chi connectivity index (χ2n) is 5.17. The summed E-state index contributed by atoms with van der Waals surface area (Å²) in [7, 11) is 0. The number of hydrazone groups is 1. The van der Waals surface area contributed by atoms with Gasteiger partial charge in [0, 0.05) is 33.6 Å². The van der Waals surface area contributed by atoms with Crippen LogP contribution >= 0.6 is 23.1 Å². The monoisotopic (exact) mass is 337 g/mol. The molecule has 2 heterocycles. The molecule has 1 N–H and O–H groups in total. The normalized spacial score (nSPS) is 15.4. The molecule has 3 aromatic rings. The minimum Gasteiger partial charge on any atom is -0.252 e. The maximum absolute atomic E-state index is 4.62. The van der Waals surface area contributed by atoms with Crippen LogP contribution in [-0.4, -0.2) is 16.4 Å². The molecule has 1 aromatic heterocycles. The number of hydrogen-bond acceptors (Lipinski definition) is 5. The molecule has 1 aliphatic heterocycles. The van der Waals surface area contributed by atoms with Crippen LogP contribution in [0.4, 0.5) is 5.13 Å². The Morgan fingerprint density at radius 2 is 1.83 bits per heavy atom. The first-order valence-corrected chi connectivity index (χ1v) is 9.32. The van der Waals surface area contributed by atoms with E-state index in [1.54, 1.807) is 11.3 Å². The van der Waals surface area contributed by atoms with E-state index in [1.165, 1.54) is 10.5 Å². The van der Waals surface area contributed by atoms with E-state index in [4.69, 9.17) is 0 Å². The molecule has 114 valence electrons. The number of anilines is 1. The van der Waals surface area contributed by atoms with E-state index >= 15 is 0 Å². The number of fused-ring (bicyclic) bond motifs is 1. The van der Waals surface area contributed by atoms with Crippen molar-refractivity contribution in [3.8, 4) is 11.3 Å². The van der Waals surface area contributed by atoms with Gasteiger partial charge in [0.25, 0.3) is 0 Å². The molecule has 5 heteroatoms. The minimum atomic E-state index is 0.826. The van der Waals surface area contributed by atoms with Crippen molar-refractivity contribution in [2.24, 2.45) is 5.10 Å². The maximum atomic E-state index is 4.62. The fraction of sp³-hybridized carbons (Fsp3) is 0.111. The third-order valence-corrected chi connectivity index (χ3v) is 5.48. The molecule has 0 atom stereocenters. The Hall–Kier alpha value is -2.11. The molecule has 3 nitrogen and oxygen atoms in total. The van der Waals surface area contributed by atoms with Crippen LogP contribution in [0.15, 0.2) is 70.0 Å². The number of thioether (sulfide) groups is 1. The molecule has 0 spiro atoms. The topological polar surface area (TPSA) is 37.3 Å². The van der Waals surface area contributed by atoms with Crippen LogP contribution in [0.1, 0.15) is 12.0 Å². The van der Waals surface area contributed by atoms with E-state index in [0.717, 1.165) is 34.3 Å². The van der Waals surface area contributed by atoms with Crippen molar-refractivity contribution >= 4 is 33.9 Å². The molecular weight excluding hydrogens is 322 g/mol. The molecule has 0 aliphatic carbocycles. The van der Waals surface area contributed by atoms with Crippen LogP contribution < -0.4 is 5.43 Å². The third kappa shape index (κ3) is 3.16. The first kappa shape index (κ1) is 14.5. The van der Waals surface area contributed by atoms with E-state index < -0.39 is 0 Å². The molecule has 0 unspecified atom stereocenters. The number of aromatic nitrogens is 1. The Kier molecular flexibility index (Phi) is 4.13. The summed E-state index contributed by atoms with van der Waals surface area (Å²) < 4.78 is 0. The van der Waals surface area contributed by atoms with E-state index in [-0.39, 0.29) is 0 Å². The fourth-order valence-electron chi connectivity index (χ4n) is 2.52. The number of thiazole rings is 1. The van der Waals surface area contributed by atoms with Crippen molar-refractivity contribution in [2.45, 2.75) is 11.3 Å². The highest BCUT2D eigenvalue weighted by molar-refractivity contribution is 7.99. The fourth-order valence-corrected chi connectivity index (χ4v) is 4.21. The predicted molar refractivity (Wildman–Crippen MR) is 99.5 cm³/mol. The highest BCUT2D eigenvalue weighted by Crippen LogP contribution is 2.30. The Bertz CT molecular complexity index is 840. The van der Waals surface area contributed by atoms with Gasteiger partial charge in [-0.3, -0.25) is 5.43 Å². The lowest BCUT2D eigenvalue weighted by atomic mass is 10.1. The van der Waals surface area contributed by atoms with Gasteiger partial charge in [-0.25, -0.2) is 4.98 Å². The summed E-state index contributed by atoms with van der Waals surface area (Å²) in [6, 6.07) is 18.6. The Balaban J connectivity index is 1.55. The highest BCUT2D eigenvalue weighted by Gasteiger charge is 2.15.